The number of benzene rings is 1. The van der Waals surface area contributed by atoms with Crippen LogP contribution in [0.3, 0.4) is 0 Å². The summed E-state index contributed by atoms with van der Waals surface area (Å²) in [5.41, 5.74) is 1.25. The number of aromatic nitrogens is 2. The van der Waals surface area contributed by atoms with Crippen LogP contribution in [0.25, 0.3) is 10.9 Å². The minimum Gasteiger partial charge on any atom is -0.449 e. The summed E-state index contributed by atoms with van der Waals surface area (Å²) in [6.45, 7) is 10.3. The van der Waals surface area contributed by atoms with Gasteiger partial charge >= 0.3 is 12.2 Å². The molecule has 1 aliphatic rings. The number of unbranched alkanes of at least 4 members (excludes halogenated alkanes) is 1. The van der Waals surface area contributed by atoms with Gasteiger partial charge in [-0.25, -0.2) is 14.6 Å². The summed E-state index contributed by atoms with van der Waals surface area (Å²) >= 11 is 0. The number of nitrogens with one attached hydrogen (secondary N) is 1. The third-order valence-corrected chi connectivity index (χ3v) is 6.96. The molecule has 0 spiro atoms. The molecule has 216 valence electrons. The molecule has 9 heteroatoms. The molecule has 3 aromatic rings. The zero-order chi connectivity index (χ0) is 28.5. The van der Waals surface area contributed by atoms with Crippen molar-refractivity contribution < 1.29 is 23.8 Å². The lowest BCUT2D eigenvalue weighted by Crippen LogP contribution is -2.36. The van der Waals surface area contributed by atoms with Crippen molar-refractivity contribution in [1.82, 2.24) is 9.97 Å². The molecule has 40 heavy (non-hydrogen) atoms. The number of amides is 1. The highest BCUT2D eigenvalue weighted by molar-refractivity contribution is 5.99. The Labute approximate surface area is 236 Å². The molecule has 1 amide bonds. The zero-order valence-corrected chi connectivity index (χ0v) is 24.2. The number of H-pyrrole nitrogens is 1. The summed E-state index contributed by atoms with van der Waals surface area (Å²) in [4.78, 5) is 37.4. The van der Waals surface area contributed by atoms with E-state index < -0.39 is 17.8 Å². The Hall–Kier alpha value is -3.75. The number of pyridine rings is 1. The summed E-state index contributed by atoms with van der Waals surface area (Å²) in [6.07, 6.45) is 5.35. The van der Waals surface area contributed by atoms with Gasteiger partial charge in [0.05, 0.1) is 25.3 Å². The predicted molar refractivity (Wildman–Crippen MR) is 157 cm³/mol. The second-order valence-corrected chi connectivity index (χ2v) is 11.3. The first-order valence-corrected chi connectivity index (χ1v) is 14.3. The summed E-state index contributed by atoms with van der Waals surface area (Å²) in [6, 6.07) is 14.0. The molecule has 1 aliphatic heterocycles. The van der Waals surface area contributed by atoms with E-state index in [9.17, 15) is 9.59 Å². The molecule has 1 fully saturated rings. The maximum Gasteiger partial charge on any atom is 0.508 e. The summed E-state index contributed by atoms with van der Waals surface area (Å²) in [7, 11) is 0. The number of anilines is 2. The molecular weight excluding hydrogens is 508 g/mol. The number of ether oxygens (including phenoxy) is 3. The minimum atomic E-state index is -0.616. The van der Waals surface area contributed by atoms with Crippen molar-refractivity contribution >= 4 is 34.8 Å². The van der Waals surface area contributed by atoms with Crippen molar-refractivity contribution in [2.75, 3.05) is 36.1 Å². The summed E-state index contributed by atoms with van der Waals surface area (Å²) < 4.78 is 16.2. The lowest BCUT2D eigenvalue weighted by atomic mass is 9.94. The maximum atomic E-state index is 13.3. The molecule has 0 saturated carbocycles. The fourth-order valence-corrected chi connectivity index (χ4v) is 4.80. The van der Waals surface area contributed by atoms with Crippen molar-refractivity contribution in [1.29, 1.82) is 0 Å². The maximum absolute atomic E-state index is 13.3. The molecule has 0 unspecified atom stereocenters. The van der Waals surface area contributed by atoms with E-state index in [4.69, 9.17) is 19.2 Å². The van der Waals surface area contributed by atoms with Gasteiger partial charge in [0.15, 0.2) is 5.82 Å². The van der Waals surface area contributed by atoms with Crippen molar-refractivity contribution in [2.45, 2.75) is 71.9 Å². The first kappa shape index (κ1) is 29.2. The fraction of sp³-hybridized carbons (Fsp3) is 0.516. The average Bonchev–Trinajstić information content (AvgIpc) is 3.40. The van der Waals surface area contributed by atoms with Crippen LogP contribution >= 0.6 is 0 Å². The van der Waals surface area contributed by atoms with E-state index in [1.54, 1.807) is 4.90 Å². The van der Waals surface area contributed by atoms with Crippen LogP contribution in [-0.4, -0.2) is 54.1 Å². The highest BCUT2D eigenvalue weighted by Crippen LogP contribution is 2.32. The van der Waals surface area contributed by atoms with Gasteiger partial charge in [0.2, 0.25) is 0 Å². The van der Waals surface area contributed by atoms with Crippen molar-refractivity contribution in [3.8, 4) is 0 Å². The minimum absolute atomic E-state index is 0.353. The molecule has 1 saturated heterocycles. The van der Waals surface area contributed by atoms with Gasteiger partial charge in [-0.15, -0.1) is 0 Å². The van der Waals surface area contributed by atoms with E-state index in [1.165, 1.54) is 0 Å². The zero-order valence-electron chi connectivity index (χ0n) is 24.2. The number of carbonyl (C=O) groups excluding carboxylic acids is 2. The molecule has 9 nitrogen and oxygen atoms in total. The number of fused-ring (bicyclic) bond motifs is 1. The Bertz CT molecular complexity index is 1250. The lowest BCUT2D eigenvalue weighted by molar-refractivity contribution is -0.00933. The van der Waals surface area contributed by atoms with E-state index in [0.29, 0.717) is 31.5 Å². The van der Waals surface area contributed by atoms with E-state index >= 15 is 0 Å². The fourth-order valence-electron chi connectivity index (χ4n) is 4.80. The summed E-state index contributed by atoms with van der Waals surface area (Å²) in [5.74, 6) is 1.86. The SMILES string of the molecule is CCCCOC(=O)N(Cc1ccccc1)c1nc(N2CCC(CCOC(=O)OC(C)(C)C)CC2)cc2cc[nH]c12. The Morgan fingerprint density at radius 1 is 1.07 bits per heavy atom. The smallest absolute Gasteiger partial charge is 0.449 e. The number of carbonyl (C=O) groups is 2. The molecule has 0 aliphatic carbocycles. The molecule has 0 radical (unpaired) electrons. The molecular formula is C31H42N4O5. The Kier molecular flexibility index (Phi) is 9.90. The van der Waals surface area contributed by atoms with Gasteiger partial charge in [-0.05, 0) is 70.1 Å². The van der Waals surface area contributed by atoms with Gasteiger partial charge in [0.1, 0.15) is 11.4 Å². The van der Waals surface area contributed by atoms with Crippen LogP contribution in [0.5, 0.6) is 0 Å². The highest BCUT2D eigenvalue weighted by Gasteiger charge is 2.26. The molecule has 0 atom stereocenters. The van der Waals surface area contributed by atoms with Gasteiger partial charge in [0.25, 0.3) is 0 Å². The van der Waals surface area contributed by atoms with Crippen LogP contribution in [-0.2, 0) is 20.8 Å². The van der Waals surface area contributed by atoms with E-state index in [2.05, 4.69) is 22.9 Å². The van der Waals surface area contributed by atoms with Crippen LogP contribution < -0.4 is 9.80 Å². The number of piperidine rings is 1. The van der Waals surface area contributed by atoms with E-state index in [-0.39, 0.29) is 0 Å². The normalized spacial score (nSPS) is 14.2. The first-order valence-electron chi connectivity index (χ1n) is 14.3. The third kappa shape index (κ3) is 8.13. The molecule has 1 N–H and O–H groups in total. The molecule has 3 heterocycles. The van der Waals surface area contributed by atoms with Crippen LogP contribution in [0.15, 0.2) is 48.7 Å². The van der Waals surface area contributed by atoms with Gasteiger partial charge in [-0.2, -0.15) is 0 Å². The van der Waals surface area contributed by atoms with Gasteiger partial charge in [-0.1, -0.05) is 43.7 Å². The number of hydrogen-bond donors (Lipinski definition) is 1. The van der Waals surface area contributed by atoms with Crippen LogP contribution in [0.4, 0.5) is 21.2 Å². The van der Waals surface area contributed by atoms with Crippen molar-refractivity contribution in [3.05, 3.63) is 54.2 Å². The quantitative estimate of drug-likeness (QED) is 0.213. The number of nitrogens with zero attached hydrogens (tertiary/aromatic N) is 3. The summed E-state index contributed by atoms with van der Waals surface area (Å²) in [5, 5.41) is 0.993. The Balaban J connectivity index is 1.46. The second kappa shape index (κ2) is 13.5. The molecule has 4 rings (SSSR count). The van der Waals surface area contributed by atoms with Crippen LogP contribution in [0.2, 0.25) is 0 Å². The highest BCUT2D eigenvalue weighted by atomic mass is 16.7. The van der Waals surface area contributed by atoms with Gasteiger partial charge in [0, 0.05) is 24.7 Å². The molecule has 2 aromatic heterocycles. The van der Waals surface area contributed by atoms with E-state index in [0.717, 1.165) is 67.5 Å². The van der Waals surface area contributed by atoms with Gasteiger partial charge < -0.3 is 24.1 Å². The lowest BCUT2D eigenvalue weighted by Gasteiger charge is -2.33. The Morgan fingerprint density at radius 3 is 2.52 bits per heavy atom. The third-order valence-electron chi connectivity index (χ3n) is 6.96. The van der Waals surface area contributed by atoms with Crippen LogP contribution in [0.1, 0.15) is 65.4 Å². The van der Waals surface area contributed by atoms with E-state index in [1.807, 2.05) is 63.4 Å². The number of hydrogen-bond acceptors (Lipinski definition) is 7. The predicted octanol–water partition coefficient (Wildman–Crippen LogP) is 7.06. The van der Waals surface area contributed by atoms with Crippen molar-refractivity contribution in [3.63, 3.8) is 0 Å². The topological polar surface area (TPSA) is 97.0 Å². The van der Waals surface area contributed by atoms with Gasteiger partial charge in [-0.3, -0.25) is 4.90 Å². The van der Waals surface area contributed by atoms with Crippen LogP contribution in [0, 0.1) is 5.92 Å². The molecule has 0 bridgehead atoms. The average molecular weight is 551 g/mol. The second-order valence-electron chi connectivity index (χ2n) is 11.3. The Morgan fingerprint density at radius 2 is 1.82 bits per heavy atom. The number of aromatic amines is 1. The van der Waals surface area contributed by atoms with Crippen molar-refractivity contribution in [2.24, 2.45) is 5.92 Å². The standard InChI is InChI=1S/C31H42N4O5/c1-5-6-19-38-29(36)35(22-24-10-8-7-9-11-24)28-27-25(12-16-32-27)21-26(33-28)34-17-13-23(14-18-34)15-20-39-30(37)40-31(2,3)4/h7-12,16,21,23,32H,5-6,13-15,17-20,22H2,1-4H3. The monoisotopic (exact) mass is 550 g/mol. The molecule has 1 aromatic carbocycles. The first-order chi connectivity index (χ1) is 19.2. The largest absolute Gasteiger partial charge is 0.508 e. The number of rotatable bonds is 10.